The van der Waals surface area contributed by atoms with Crippen LogP contribution in [0.2, 0.25) is 0 Å². The van der Waals surface area contributed by atoms with Crippen LogP contribution in [0.15, 0.2) is 0 Å². The first-order valence-electron chi connectivity index (χ1n) is 9.16. The van der Waals surface area contributed by atoms with Crippen molar-refractivity contribution >= 4 is 18.3 Å². The van der Waals surface area contributed by atoms with E-state index < -0.39 is 5.54 Å². The molecule has 1 heterocycles. The predicted octanol–water partition coefficient (Wildman–Crippen LogP) is 3.37. The van der Waals surface area contributed by atoms with Gasteiger partial charge in [0.05, 0.1) is 6.10 Å². The van der Waals surface area contributed by atoms with E-state index >= 15 is 0 Å². The summed E-state index contributed by atoms with van der Waals surface area (Å²) in [4.78, 5) is 15.5. The number of halogens is 1. The molecule has 2 N–H and O–H groups in total. The maximum absolute atomic E-state index is 13.4. The molecule has 2 saturated carbocycles. The van der Waals surface area contributed by atoms with E-state index in [1.807, 2.05) is 6.92 Å². The minimum Gasteiger partial charge on any atom is -0.378 e. The third-order valence-electron chi connectivity index (χ3n) is 6.89. The van der Waals surface area contributed by atoms with Crippen LogP contribution >= 0.6 is 12.4 Å². The van der Waals surface area contributed by atoms with Gasteiger partial charge in [-0.25, -0.2) is 0 Å². The fourth-order valence-electron chi connectivity index (χ4n) is 5.75. The van der Waals surface area contributed by atoms with Gasteiger partial charge in [0.25, 0.3) is 0 Å². The van der Waals surface area contributed by atoms with E-state index in [-0.39, 0.29) is 35.2 Å². The molecule has 4 unspecified atom stereocenters. The van der Waals surface area contributed by atoms with Gasteiger partial charge in [-0.2, -0.15) is 0 Å². The molecule has 0 spiro atoms. The standard InChI is InChI=1S/C19H34N2O2.ClH/c1-7-23-14-10-19(20,17(14,4)5)15(22)21-12-18(6)9-13(21)8-16(2,3)11-18;/h13-14H,7-12,20H2,1-6H3;1H. The molecular formula is C19H35ClN2O2. The van der Waals surface area contributed by atoms with E-state index in [0.29, 0.717) is 24.5 Å². The summed E-state index contributed by atoms with van der Waals surface area (Å²) in [6.45, 7) is 14.7. The topological polar surface area (TPSA) is 55.6 Å². The summed E-state index contributed by atoms with van der Waals surface area (Å²) in [5.41, 5.74) is 6.15. The predicted molar refractivity (Wildman–Crippen MR) is 99.2 cm³/mol. The van der Waals surface area contributed by atoms with E-state index in [0.717, 1.165) is 19.4 Å². The van der Waals surface area contributed by atoms with E-state index in [1.165, 1.54) is 6.42 Å². The van der Waals surface area contributed by atoms with Crippen LogP contribution in [0.25, 0.3) is 0 Å². The van der Waals surface area contributed by atoms with E-state index in [2.05, 4.69) is 39.5 Å². The Labute approximate surface area is 153 Å². The molecule has 5 heteroatoms. The van der Waals surface area contributed by atoms with Crippen LogP contribution in [0.5, 0.6) is 0 Å². The lowest BCUT2D eigenvalue weighted by Crippen LogP contribution is -2.76. The second kappa shape index (κ2) is 5.85. The number of fused-ring (bicyclic) bond motifs is 2. The Hall–Kier alpha value is -0.320. The Morgan fingerprint density at radius 1 is 1.17 bits per heavy atom. The van der Waals surface area contributed by atoms with Gasteiger partial charge < -0.3 is 15.4 Å². The van der Waals surface area contributed by atoms with Crippen LogP contribution in [-0.4, -0.2) is 41.6 Å². The number of likely N-dealkylation sites (tertiary alicyclic amines) is 1. The first-order chi connectivity index (χ1) is 10.4. The molecule has 0 aromatic rings. The van der Waals surface area contributed by atoms with Gasteiger partial charge in [-0.1, -0.05) is 34.6 Å². The van der Waals surface area contributed by atoms with Crippen LogP contribution in [0.4, 0.5) is 0 Å². The molecule has 1 aliphatic heterocycles. The maximum atomic E-state index is 13.4. The lowest BCUT2D eigenvalue weighted by Gasteiger charge is -2.58. The number of hydrogen-bond acceptors (Lipinski definition) is 3. The van der Waals surface area contributed by atoms with Crippen molar-refractivity contribution in [2.75, 3.05) is 13.2 Å². The number of amides is 1. The largest absolute Gasteiger partial charge is 0.378 e. The van der Waals surface area contributed by atoms with E-state index in [1.54, 1.807) is 0 Å². The molecule has 4 atom stereocenters. The summed E-state index contributed by atoms with van der Waals surface area (Å²) in [6, 6.07) is 0.360. The number of carbonyl (C=O) groups is 1. The molecule has 3 fully saturated rings. The Morgan fingerprint density at radius 3 is 2.33 bits per heavy atom. The van der Waals surface area contributed by atoms with E-state index in [4.69, 9.17) is 10.5 Å². The summed E-state index contributed by atoms with van der Waals surface area (Å²) in [5.74, 6) is 0.157. The van der Waals surface area contributed by atoms with Crippen LogP contribution in [-0.2, 0) is 9.53 Å². The molecule has 0 aromatic heterocycles. The van der Waals surface area contributed by atoms with Crippen molar-refractivity contribution in [2.45, 2.75) is 84.9 Å². The molecule has 140 valence electrons. The first kappa shape index (κ1) is 20.0. The van der Waals surface area contributed by atoms with Crippen molar-refractivity contribution in [2.24, 2.45) is 22.0 Å². The Kier molecular flexibility index (Phi) is 4.88. The van der Waals surface area contributed by atoms with Gasteiger partial charge in [-0.3, -0.25) is 4.79 Å². The summed E-state index contributed by atoms with van der Waals surface area (Å²) in [7, 11) is 0. The number of carbonyl (C=O) groups excluding carboxylic acids is 1. The average Bonchev–Trinajstić information content (AvgIpc) is 2.66. The number of ether oxygens (including phenoxy) is 1. The Balaban J connectivity index is 0.00000208. The number of hydrogen-bond donors (Lipinski definition) is 1. The van der Waals surface area contributed by atoms with Crippen molar-refractivity contribution < 1.29 is 9.53 Å². The zero-order valence-electron chi connectivity index (χ0n) is 16.1. The Bertz CT molecular complexity index is 521. The molecule has 4 nitrogen and oxygen atoms in total. The van der Waals surface area contributed by atoms with Gasteiger partial charge in [-0.15, -0.1) is 12.4 Å². The first-order valence-corrected chi connectivity index (χ1v) is 9.16. The highest BCUT2D eigenvalue weighted by atomic mass is 35.5. The van der Waals surface area contributed by atoms with Crippen LogP contribution in [0, 0.1) is 16.2 Å². The number of nitrogens with two attached hydrogens (primary N) is 1. The van der Waals surface area contributed by atoms with Crippen molar-refractivity contribution in [1.29, 1.82) is 0 Å². The number of rotatable bonds is 3. The fourth-order valence-corrected chi connectivity index (χ4v) is 5.75. The summed E-state index contributed by atoms with van der Waals surface area (Å²) < 4.78 is 5.79. The quantitative estimate of drug-likeness (QED) is 0.841. The molecule has 2 bridgehead atoms. The highest BCUT2D eigenvalue weighted by Crippen LogP contribution is 2.56. The molecule has 1 saturated heterocycles. The summed E-state index contributed by atoms with van der Waals surface area (Å²) >= 11 is 0. The normalized spacial score (nSPS) is 42.2. The molecule has 0 radical (unpaired) electrons. The van der Waals surface area contributed by atoms with Crippen LogP contribution in [0.3, 0.4) is 0 Å². The zero-order valence-corrected chi connectivity index (χ0v) is 17.0. The van der Waals surface area contributed by atoms with E-state index in [9.17, 15) is 4.79 Å². The van der Waals surface area contributed by atoms with Crippen LogP contribution in [0.1, 0.15) is 67.2 Å². The summed E-state index contributed by atoms with van der Waals surface area (Å²) in [5, 5.41) is 0. The minimum absolute atomic E-state index is 0. The molecule has 3 aliphatic rings. The maximum Gasteiger partial charge on any atom is 0.243 e. The lowest BCUT2D eigenvalue weighted by atomic mass is 9.54. The lowest BCUT2D eigenvalue weighted by molar-refractivity contribution is -0.180. The molecule has 0 aromatic carbocycles. The van der Waals surface area contributed by atoms with Crippen molar-refractivity contribution in [3.8, 4) is 0 Å². The Morgan fingerprint density at radius 2 is 1.79 bits per heavy atom. The smallest absolute Gasteiger partial charge is 0.243 e. The fraction of sp³-hybridized carbons (Fsp3) is 0.947. The molecular weight excluding hydrogens is 324 g/mol. The third kappa shape index (κ3) is 2.79. The third-order valence-corrected chi connectivity index (χ3v) is 6.89. The van der Waals surface area contributed by atoms with Crippen molar-refractivity contribution in [1.82, 2.24) is 4.90 Å². The molecule has 3 rings (SSSR count). The summed E-state index contributed by atoms with van der Waals surface area (Å²) in [6.07, 6.45) is 4.17. The van der Waals surface area contributed by atoms with Gasteiger partial charge >= 0.3 is 0 Å². The van der Waals surface area contributed by atoms with Gasteiger partial charge in [0.15, 0.2) is 0 Å². The second-order valence-corrected chi connectivity index (χ2v) is 9.99. The average molecular weight is 359 g/mol. The van der Waals surface area contributed by atoms with Crippen LogP contribution < -0.4 is 5.73 Å². The molecule has 24 heavy (non-hydrogen) atoms. The monoisotopic (exact) mass is 358 g/mol. The van der Waals surface area contributed by atoms with Gasteiger partial charge in [-0.05, 0) is 37.0 Å². The van der Waals surface area contributed by atoms with Gasteiger partial charge in [0.1, 0.15) is 5.54 Å². The highest BCUT2D eigenvalue weighted by molar-refractivity contribution is 5.89. The highest BCUT2D eigenvalue weighted by Gasteiger charge is 2.65. The molecule has 2 aliphatic carbocycles. The van der Waals surface area contributed by atoms with Crippen molar-refractivity contribution in [3.63, 3.8) is 0 Å². The zero-order chi connectivity index (χ0) is 17.3. The molecule has 1 amide bonds. The second-order valence-electron chi connectivity index (χ2n) is 9.99. The van der Waals surface area contributed by atoms with Gasteiger partial charge in [0.2, 0.25) is 5.91 Å². The van der Waals surface area contributed by atoms with Gasteiger partial charge in [0, 0.05) is 31.0 Å². The number of nitrogens with zero attached hydrogens (tertiary/aromatic N) is 1. The minimum atomic E-state index is -0.773. The SMILES string of the molecule is CCOC1CC(N)(C(=O)N2CC3(C)CC2CC(C)(C)C3)C1(C)C.Cl. The van der Waals surface area contributed by atoms with Crippen molar-refractivity contribution in [3.05, 3.63) is 0 Å².